The number of carbonyl (C=O) groups is 2. The molecule has 0 aliphatic carbocycles. The summed E-state index contributed by atoms with van der Waals surface area (Å²) >= 11 is 0. The zero-order valence-electron chi connectivity index (χ0n) is 20.9. The molecule has 1 N–H and O–H groups in total. The summed E-state index contributed by atoms with van der Waals surface area (Å²) in [7, 11) is 1.53. The molecule has 5 rings (SSSR count). The molecule has 0 radical (unpaired) electrons. The Bertz CT molecular complexity index is 1380. The Labute approximate surface area is 215 Å². The van der Waals surface area contributed by atoms with Gasteiger partial charge in [-0.2, -0.15) is 0 Å². The van der Waals surface area contributed by atoms with E-state index in [2.05, 4.69) is 4.98 Å². The molecule has 0 bridgehead atoms. The van der Waals surface area contributed by atoms with E-state index < -0.39 is 17.7 Å². The summed E-state index contributed by atoms with van der Waals surface area (Å²) in [6.45, 7) is 4.47. The lowest BCUT2D eigenvalue weighted by molar-refractivity contribution is -0.140. The molecule has 3 aromatic rings. The van der Waals surface area contributed by atoms with Crippen LogP contribution in [-0.2, 0) is 22.6 Å². The summed E-state index contributed by atoms with van der Waals surface area (Å²) in [6, 6.07) is 13.3. The number of methoxy groups -OCH3 is 1. The van der Waals surface area contributed by atoms with Crippen LogP contribution in [0.1, 0.15) is 42.1 Å². The molecule has 2 aliphatic rings. The fraction of sp³-hybridized carbons (Fsp3) is 0.276. The van der Waals surface area contributed by atoms with Gasteiger partial charge in [0.25, 0.3) is 11.7 Å². The quantitative estimate of drug-likeness (QED) is 0.291. The number of hydrogen-bond donors (Lipinski definition) is 1. The highest BCUT2D eigenvalue weighted by molar-refractivity contribution is 6.46. The van der Waals surface area contributed by atoms with Gasteiger partial charge in [0.2, 0.25) is 0 Å². The molecule has 0 spiro atoms. The molecular formula is C29H28N2O6. The second kappa shape index (κ2) is 9.97. The number of fused-ring (bicyclic) bond motifs is 1. The summed E-state index contributed by atoms with van der Waals surface area (Å²) in [5, 5.41) is 11.5. The van der Waals surface area contributed by atoms with E-state index in [1.165, 1.54) is 12.0 Å². The number of aliphatic hydroxyl groups is 1. The highest BCUT2D eigenvalue weighted by Gasteiger charge is 2.46. The number of amides is 1. The molecule has 3 heterocycles. The maximum absolute atomic E-state index is 13.4. The van der Waals surface area contributed by atoms with Gasteiger partial charge in [0.1, 0.15) is 17.6 Å². The number of aromatic nitrogens is 1. The Balaban J connectivity index is 1.64. The van der Waals surface area contributed by atoms with E-state index in [0.717, 1.165) is 16.9 Å². The van der Waals surface area contributed by atoms with Gasteiger partial charge in [-0.05, 0) is 73.0 Å². The van der Waals surface area contributed by atoms with E-state index in [9.17, 15) is 14.7 Å². The summed E-state index contributed by atoms with van der Waals surface area (Å²) in [5.74, 6) is 0.125. The summed E-state index contributed by atoms with van der Waals surface area (Å²) in [5.41, 5.74) is 2.86. The number of nitrogens with zero attached hydrogens (tertiary/aromatic N) is 2. The predicted octanol–water partition coefficient (Wildman–Crippen LogP) is 4.43. The Morgan fingerprint density at radius 3 is 2.62 bits per heavy atom. The molecule has 2 aliphatic heterocycles. The normalized spacial score (nSPS) is 20.0. The van der Waals surface area contributed by atoms with Crippen molar-refractivity contribution in [3.8, 4) is 17.2 Å². The Morgan fingerprint density at radius 2 is 1.89 bits per heavy atom. The minimum atomic E-state index is -0.832. The second-order valence-electron chi connectivity index (χ2n) is 9.08. The Morgan fingerprint density at radius 1 is 1.11 bits per heavy atom. The Kier molecular flexibility index (Phi) is 6.56. The van der Waals surface area contributed by atoms with Crippen LogP contribution in [0.25, 0.3) is 5.76 Å². The van der Waals surface area contributed by atoms with Crippen LogP contribution in [0.3, 0.4) is 0 Å². The molecule has 8 heteroatoms. The third kappa shape index (κ3) is 4.50. The number of rotatable bonds is 7. The van der Waals surface area contributed by atoms with Crippen molar-refractivity contribution in [2.75, 3.05) is 13.7 Å². The predicted molar refractivity (Wildman–Crippen MR) is 136 cm³/mol. The third-order valence-electron chi connectivity index (χ3n) is 6.61. The molecule has 1 amide bonds. The van der Waals surface area contributed by atoms with E-state index in [-0.39, 0.29) is 24.0 Å². The van der Waals surface area contributed by atoms with Crippen molar-refractivity contribution in [1.29, 1.82) is 0 Å². The molecule has 190 valence electrons. The van der Waals surface area contributed by atoms with Gasteiger partial charge in [0.15, 0.2) is 11.5 Å². The minimum Gasteiger partial charge on any atom is -0.507 e. The van der Waals surface area contributed by atoms with Crippen LogP contribution in [0.5, 0.6) is 17.2 Å². The first-order valence-electron chi connectivity index (χ1n) is 12.2. The maximum Gasteiger partial charge on any atom is 0.295 e. The molecule has 2 unspecified atom stereocenters. The topological polar surface area (TPSA) is 98.2 Å². The second-order valence-corrected chi connectivity index (χ2v) is 9.08. The zero-order valence-corrected chi connectivity index (χ0v) is 20.9. The van der Waals surface area contributed by atoms with Crippen LogP contribution in [0.2, 0.25) is 0 Å². The van der Waals surface area contributed by atoms with Crippen molar-refractivity contribution < 1.29 is 28.9 Å². The van der Waals surface area contributed by atoms with Crippen molar-refractivity contribution in [2.24, 2.45) is 0 Å². The lowest BCUT2D eigenvalue weighted by Gasteiger charge is -2.26. The van der Waals surface area contributed by atoms with Crippen molar-refractivity contribution in [2.45, 2.75) is 39.0 Å². The van der Waals surface area contributed by atoms with Crippen molar-refractivity contribution in [1.82, 2.24) is 9.88 Å². The van der Waals surface area contributed by atoms with Crippen molar-refractivity contribution >= 4 is 17.4 Å². The molecule has 37 heavy (non-hydrogen) atoms. The zero-order chi connectivity index (χ0) is 26.1. The van der Waals surface area contributed by atoms with Gasteiger partial charge in [-0.25, -0.2) is 0 Å². The average Bonchev–Trinajstić information content (AvgIpc) is 3.40. The summed E-state index contributed by atoms with van der Waals surface area (Å²) < 4.78 is 17.0. The molecule has 1 saturated heterocycles. The number of carbonyl (C=O) groups excluding carboxylic acids is 2. The molecule has 8 nitrogen and oxygen atoms in total. The standard InChI is InChI=1S/C29H28N2O6/c1-4-36-23-8-5-19(15-24(23)35-3)26-25(27(32)20-6-7-22-21(14-20)13-17(2)37-22)28(33)29(34)31(26)16-18-9-11-30-12-10-18/h5-12,14-15,17,26,32H,4,13,16H2,1-3H3/b27-25+. The average molecular weight is 501 g/mol. The molecule has 0 saturated carbocycles. The van der Waals surface area contributed by atoms with Gasteiger partial charge in [-0.3, -0.25) is 14.6 Å². The summed E-state index contributed by atoms with van der Waals surface area (Å²) in [6.07, 6.45) is 4.00. The smallest absolute Gasteiger partial charge is 0.295 e. The third-order valence-corrected chi connectivity index (χ3v) is 6.61. The fourth-order valence-electron chi connectivity index (χ4n) is 4.93. The highest BCUT2D eigenvalue weighted by Crippen LogP contribution is 2.43. The number of pyridine rings is 1. The molecule has 2 atom stereocenters. The lowest BCUT2D eigenvalue weighted by atomic mass is 9.94. The number of ketones is 1. The number of aliphatic hydroxyl groups excluding tert-OH is 1. The number of ether oxygens (including phenoxy) is 3. The van der Waals surface area contributed by atoms with Crippen molar-refractivity contribution in [3.05, 3.63) is 88.8 Å². The Hall–Kier alpha value is -4.33. The van der Waals surface area contributed by atoms with Gasteiger partial charge < -0.3 is 24.2 Å². The van der Waals surface area contributed by atoms with E-state index >= 15 is 0 Å². The van der Waals surface area contributed by atoms with Gasteiger partial charge in [-0.1, -0.05) is 6.07 Å². The van der Waals surface area contributed by atoms with Crippen LogP contribution >= 0.6 is 0 Å². The van der Waals surface area contributed by atoms with Gasteiger partial charge in [0, 0.05) is 30.9 Å². The maximum atomic E-state index is 13.4. The van der Waals surface area contributed by atoms with Crippen LogP contribution in [-0.4, -0.2) is 46.5 Å². The SMILES string of the molecule is CCOc1ccc(C2/C(=C(\O)c3ccc4c(c3)CC(C)O4)C(=O)C(=O)N2Cc2ccncc2)cc1OC. The van der Waals surface area contributed by atoms with Crippen LogP contribution in [0.4, 0.5) is 0 Å². The van der Waals surface area contributed by atoms with Gasteiger partial charge in [-0.15, -0.1) is 0 Å². The van der Waals surface area contributed by atoms with E-state index in [4.69, 9.17) is 14.2 Å². The number of hydrogen-bond acceptors (Lipinski definition) is 7. The first kappa shape index (κ1) is 24.4. The van der Waals surface area contributed by atoms with E-state index in [0.29, 0.717) is 35.7 Å². The van der Waals surface area contributed by atoms with E-state index in [1.807, 2.05) is 19.9 Å². The fourth-order valence-corrected chi connectivity index (χ4v) is 4.93. The summed E-state index contributed by atoms with van der Waals surface area (Å²) in [4.78, 5) is 32.3. The number of Topliss-reactive ketones (excluding diaryl/α,β-unsaturated/α-hetero) is 1. The van der Waals surface area contributed by atoms with Crippen molar-refractivity contribution in [3.63, 3.8) is 0 Å². The van der Waals surface area contributed by atoms with Crippen LogP contribution in [0, 0.1) is 0 Å². The monoisotopic (exact) mass is 500 g/mol. The van der Waals surface area contributed by atoms with Gasteiger partial charge >= 0.3 is 0 Å². The molecule has 1 fully saturated rings. The number of likely N-dealkylation sites (tertiary alicyclic amines) is 1. The van der Waals surface area contributed by atoms with Gasteiger partial charge in [0.05, 0.1) is 25.3 Å². The van der Waals surface area contributed by atoms with Crippen LogP contribution in [0.15, 0.2) is 66.5 Å². The highest BCUT2D eigenvalue weighted by atomic mass is 16.5. The van der Waals surface area contributed by atoms with Crippen LogP contribution < -0.4 is 14.2 Å². The number of benzene rings is 2. The minimum absolute atomic E-state index is 0.0252. The largest absolute Gasteiger partial charge is 0.507 e. The van der Waals surface area contributed by atoms with E-state index in [1.54, 1.807) is 54.9 Å². The lowest BCUT2D eigenvalue weighted by Crippen LogP contribution is -2.29. The first-order chi connectivity index (χ1) is 17.9. The molecule has 2 aromatic carbocycles. The molecular weight excluding hydrogens is 472 g/mol. The molecule has 1 aromatic heterocycles. The first-order valence-corrected chi connectivity index (χ1v) is 12.2.